The Morgan fingerprint density at radius 3 is 2.48 bits per heavy atom. The molecular formula is C31H49BrN2O6. The summed E-state index contributed by atoms with van der Waals surface area (Å²) in [5.41, 5.74) is -1.69. The van der Waals surface area contributed by atoms with E-state index in [1.807, 2.05) is 11.0 Å². The lowest BCUT2D eigenvalue weighted by atomic mass is 9.70. The molecule has 0 radical (unpaired) electrons. The van der Waals surface area contributed by atoms with Gasteiger partial charge in [0.1, 0.15) is 11.6 Å². The third kappa shape index (κ3) is 6.51. The fourth-order valence-corrected chi connectivity index (χ4v) is 8.22. The molecule has 0 aromatic carbocycles. The first-order valence-corrected chi connectivity index (χ1v) is 15.6. The Morgan fingerprint density at radius 1 is 1.18 bits per heavy atom. The molecule has 6 atom stereocenters. The molecule has 1 N–H and O–H groups in total. The zero-order chi connectivity index (χ0) is 29.9. The molecule has 40 heavy (non-hydrogen) atoms. The van der Waals surface area contributed by atoms with E-state index in [9.17, 15) is 19.5 Å². The molecule has 2 amide bonds. The molecule has 0 aliphatic carbocycles. The zero-order valence-corrected chi connectivity index (χ0v) is 26.6. The number of unbranched alkanes of at least 4 members (excludes halogenated alkanes) is 3. The van der Waals surface area contributed by atoms with Gasteiger partial charge in [-0.05, 0) is 64.2 Å². The summed E-state index contributed by atoms with van der Waals surface area (Å²) in [6, 6.07) is -0.877. The number of carbonyl (C=O) groups is 3. The SMILES string of the molecule is C=CCCCCOC(=O)[C@H]1[C@H]2C(=O)N(CCCCO)C(C(=O)N(CC=C)C(C)(C)CC(C)(C)C)C23CC(Br)[C@@H]1O3. The van der Waals surface area contributed by atoms with E-state index < -0.39 is 41.1 Å². The van der Waals surface area contributed by atoms with Gasteiger partial charge in [-0.1, -0.05) is 48.9 Å². The maximum Gasteiger partial charge on any atom is 0.312 e. The Balaban J connectivity index is 1.99. The van der Waals surface area contributed by atoms with Crippen LogP contribution in [-0.4, -0.2) is 87.1 Å². The summed E-state index contributed by atoms with van der Waals surface area (Å²) in [5, 5.41) is 9.42. The van der Waals surface area contributed by atoms with E-state index in [1.54, 1.807) is 11.0 Å². The van der Waals surface area contributed by atoms with Crippen molar-refractivity contribution >= 4 is 33.7 Å². The second-order valence-corrected chi connectivity index (χ2v) is 14.5. The van der Waals surface area contributed by atoms with E-state index in [-0.39, 0.29) is 35.3 Å². The lowest BCUT2D eigenvalue weighted by molar-refractivity contribution is -0.156. The number of hydrogen-bond acceptors (Lipinski definition) is 6. The minimum atomic E-state index is -1.13. The predicted molar refractivity (Wildman–Crippen MR) is 159 cm³/mol. The summed E-state index contributed by atoms with van der Waals surface area (Å²) >= 11 is 3.72. The van der Waals surface area contributed by atoms with Crippen LogP contribution in [0.15, 0.2) is 25.3 Å². The summed E-state index contributed by atoms with van der Waals surface area (Å²) in [6.07, 6.45) is 7.69. The number of nitrogens with zero attached hydrogens (tertiary/aromatic N) is 2. The van der Waals surface area contributed by atoms with Crippen LogP contribution in [0.4, 0.5) is 0 Å². The fourth-order valence-electron chi connectivity index (χ4n) is 7.28. The van der Waals surface area contributed by atoms with Gasteiger partial charge < -0.3 is 24.4 Å². The minimum Gasteiger partial charge on any atom is -0.465 e. The molecule has 9 heteroatoms. The van der Waals surface area contributed by atoms with E-state index in [4.69, 9.17) is 9.47 Å². The number of aliphatic hydroxyl groups is 1. The van der Waals surface area contributed by atoms with E-state index in [2.05, 4.69) is 63.7 Å². The molecule has 3 aliphatic heterocycles. The highest BCUT2D eigenvalue weighted by Gasteiger charge is 2.77. The lowest BCUT2D eigenvalue weighted by Gasteiger charge is -2.45. The first-order valence-electron chi connectivity index (χ1n) is 14.7. The number of hydrogen-bond donors (Lipinski definition) is 1. The molecule has 8 nitrogen and oxygen atoms in total. The van der Waals surface area contributed by atoms with Crippen molar-refractivity contribution in [2.75, 3.05) is 26.3 Å². The quantitative estimate of drug-likeness (QED) is 0.123. The van der Waals surface area contributed by atoms with Crippen LogP contribution in [0.2, 0.25) is 0 Å². The molecule has 0 aromatic heterocycles. The van der Waals surface area contributed by atoms with Gasteiger partial charge in [0, 0.05) is 30.1 Å². The Morgan fingerprint density at radius 2 is 1.88 bits per heavy atom. The average Bonchev–Trinajstić information content (AvgIpc) is 3.44. The Hall–Kier alpha value is -1.71. The third-order valence-corrected chi connectivity index (χ3v) is 9.27. The van der Waals surface area contributed by atoms with Crippen molar-refractivity contribution in [3.63, 3.8) is 0 Å². The number of aliphatic hydroxyl groups excluding tert-OH is 1. The fraction of sp³-hybridized carbons (Fsp3) is 0.774. The summed E-state index contributed by atoms with van der Waals surface area (Å²) in [7, 11) is 0. The number of alkyl halides is 1. The highest BCUT2D eigenvalue weighted by molar-refractivity contribution is 9.09. The summed E-state index contributed by atoms with van der Waals surface area (Å²) < 4.78 is 12.3. The van der Waals surface area contributed by atoms with Gasteiger partial charge in [-0.2, -0.15) is 0 Å². The number of amides is 2. The molecule has 3 unspecified atom stereocenters. The van der Waals surface area contributed by atoms with Crippen molar-refractivity contribution in [1.82, 2.24) is 9.80 Å². The monoisotopic (exact) mass is 624 g/mol. The van der Waals surface area contributed by atoms with Crippen molar-refractivity contribution in [3.8, 4) is 0 Å². The van der Waals surface area contributed by atoms with E-state index in [0.29, 0.717) is 38.8 Å². The van der Waals surface area contributed by atoms with Gasteiger partial charge in [-0.15, -0.1) is 13.2 Å². The number of rotatable bonds is 15. The molecule has 3 saturated heterocycles. The highest BCUT2D eigenvalue weighted by Crippen LogP contribution is 2.60. The van der Waals surface area contributed by atoms with Crippen molar-refractivity contribution in [1.29, 1.82) is 0 Å². The van der Waals surface area contributed by atoms with Crippen molar-refractivity contribution < 1.29 is 29.0 Å². The first kappa shape index (κ1) is 32.8. The molecule has 1 spiro atoms. The standard InChI is InChI=1S/C31H49BrN2O6/c1-8-10-11-14-18-39-28(38)22-23-26(36)33(16-12-13-17-35)25(31(23)19-21(32)24(22)40-31)27(37)34(15-9-2)30(6,7)20-29(3,4)5/h8-9,21-25,35H,1-2,10-20H2,3-7H3/t21?,22-,23-,24-,25?,31?/m0/s1. The molecule has 3 aliphatic rings. The van der Waals surface area contributed by atoms with Gasteiger partial charge in [0.15, 0.2) is 0 Å². The lowest BCUT2D eigenvalue weighted by Crippen LogP contribution is -2.61. The second kappa shape index (κ2) is 13.1. The van der Waals surface area contributed by atoms with Crippen LogP contribution in [0.1, 0.15) is 79.6 Å². The molecule has 3 fully saturated rings. The topological polar surface area (TPSA) is 96.4 Å². The molecule has 226 valence electrons. The molecule has 0 saturated carbocycles. The Bertz CT molecular complexity index is 962. The smallest absolute Gasteiger partial charge is 0.312 e. The zero-order valence-electron chi connectivity index (χ0n) is 25.0. The van der Waals surface area contributed by atoms with Gasteiger partial charge in [-0.3, -0.25) is 14.4 Å². The summed E-state index contributed by atoms with van der Waals surface area (Å²) in [4.78, 5) is 45.5. The molecule has 3 rings (SSSR count). The third-order valence-electron chi connectivity index (χ3n) is 8.42. The van der Waals surface area contributed by atoms with Gasteiger partial charge >= 0.3 is 5.97 Å². The second-order valence-electron chi connectivity index (χ2n) is 13.4. The molecule has 3 heterocycles. The average molecular weight is 626 g/mol. The highest BCUT2D eigenvalue weighted by atomic mass is 79.9. The Kier molecular flexibility index (Phi) is 10.7. The summed E-state index contributed by atoms with van der Waals surface area (Å²) in [5.74, 6) is -2.43. The summed E-state index contributed by atoms with van der Waals surface area (Å²) in [6.45, 7) is 19.1. The van der Waals surface area contributed by atoms with Crippen LogP contribution >= 0.6 is 15.9 Å². The normalized spacial score (nSPS) is 29.4. The number of fused-ring (bicyclic) bond motifs is 1. The number of allylic oxidation sites excluding steroid dienone is 1. The van der Waals surface area contributed by atoms with Crippen molar-refractivity contribution in [3.05, 3.63) is 25.3 Å². The van der Waals surface area contributed by atoms with E-state index in [0.717, 1.165) is 19.3 Å². The van der Waals surface area contributed by atoms with Gasteiger partial charge in [-0.25, -0.2) is 0 Å². The van der Waals surface area contributed by atoms with Crippen LogP contribution in [0.25, 0.3) is 0 Å². The number of esters is 1. The number of carbonyl (C=O) groups excluding carboxylic acids is 3. The van der Waals surface area contributed by atoms with E-state index >= 15 is 0 Å². The van der Waals surface area contributed by atoms with Gasteiger partial charge in [0.05, 0.1) is 24.5 Å². The van der Waals surface area contributed by atoms with Gasteiger partial charge in [0.25, 0.3) is 0 Å². The first-order chi connectivity index (χ1) is 18.8. The van der Waals surface area contributed by atoms with Crippen LogP contribution < -0.4 is 0 Å². The molecular weight excluding hydrogens is 576 g/mol. The minimum absolute atomic E-state index is 0.000723. The van der Waals surface area contributed by atoms with Crippen molar-refractivity contribution in [2.45, 2.75) is 108 Å². The maximum atomic E-state index is 14.7. The van der Waals surface area contributed by atoms with Gasteiger partial charge in [0.2, 0.25) is 11.8 Å². The number of ether oxygens (including phenoxy) is 2. The molecule has 0 aromatic rings. The van der Waals surface area contributed by atoms with E-state index in [1.165, 1.54) is 0 Å². The predicted octanol–water partition coefficient (Wildman–Crippen LogP) is 4.64. The number of halogens is 1. The Labute approximate surface area is 248 Å². The van der Waals surface area contributed by atoms with Crippen LogP contribution in [-0.2, 0) is 23.9 Å². The van der Waals surface area contributed by atoms with Crippen LogP contribution in [0, 0.1) is 17.3 Å². The van der Waals surface area contributed by atoms with Crippen molar-refractivity contribution in [2.24, 2.45) is 17.3 Å². The largest absolute Gasteiger partial charge is 0.465 e. The number of likely N-dealkylation sites (tertiary alicyclic amines) is 1. The maximum absolute atomic E-state index is 14.7. The molecule has 2 bridgehead atoms. The van der Waals surface area contributed by atoms with Crippen LogP contribution in [0.5, 0.6) is 0 Å². The van der Waals surface area contributed by atoms with Crippen LogP contribution in [0.3, 0.4) is 0 Å².